The topological polar surface area (TPSA) is 24.5 Å². The smallest absolute Gasteiger partial charge is 0.0622 e. The Morgan fingerprint density at radius 3 is 2.72 bits per heavy atom. The van der Waals surface area contributed by atoms with E-state index in [0.29, 0.717) is 17.6 Å². The monoisotopic (exact) mass is 252 g/mol. The maximum atomic E-state index is 5.61. The van der Waals surface area contributed by atoms with Crippen molar-refractivity contribution in [3.8, 4) is 0 Å². The van der Waals surface area contributed by atoms with Crippen molar-refractivity contribution in [1.29, 1.82) is 0 Å². The van der Waals surface area contributed by atoms with Gasteiger partial charge in [0.2, 0.25) is 0 Å². The molecule has 3 aliphatic rings. The molecule has 0 aromatic carbocycles. The third-order valence-corrected chi connectivity index (χ3v) is 5.30. The fourth-order valence-corrected chi connectivity index (χ4v) is 4.11. The zero-order chi connectivity index (χ0) is 12.4. The molecule has 18 heavy (non-hydrogen) atoms. The summed E-state index contributed by atoms with van der Waals surface area (Å²) in [6.07, 6.45) is 9.55. The van der Waals surface area contributed by atoms with Crippen LogP contribution in [0.25, 0.3) is 0 Å². The summed E-state index contributed by atoms with van der Waals surface area (Å²) < 4.78 is 5.61. The molecule has 2 aliphatic heterocycles. The Morgan fingerprint density at radius 1 is 1.17 bits per heavy atom. The Kier molecular flexibility index (Phi) is 3.92. The van der Waals surface area contributed by atoms with Crippen molar-refractivity contribution in [1.82, 2.24) is 10.2 Å². The molecule has 0 bridgehead atoms. The van der Waals surface area contributed by atoms with Gasteiger partial charge in [0.15, 0.2) is 0 Å². The van der Waals surface area contributed by atoms with Gasteiger partial charge in [0, 0.05) is 30.8 Å². The van der Waals surface area contributed by atoms with E-state index < -0.39 is 0 Å². The highest BCUT2D eigenvalue weighted by atomic mass is 16.5. The van der Waals surface area contributed by atoms with Crippen molar-refractivity contribution in [3.05, 3.63) is 0 Å². The van der Waals surface area contributed by atoms with E-state index in [1.807, 2.05) is 0 Å². The van der Waals surface area contributed by atoms with Crippen LogP contribution in [-0.4, -0.2) is 48.8 Å². The Balaban J connectivity index is 1.73. The number of rotatable bonds is 1. The first-order valence-electron chi connectivity index (χ1n) is 7.88. The molecule has 1 N–H and O–H groups in total. The maximum absolute atomic E-state index is 5.61. The summed E-state index contributed by atoms with van der Waals surface area (Å²) in [4.78, 5) is 2.76. The third kappa shape index (κ3) is 2.59. The van der Waals surface area contributed by atoms with Gasteiger partial charge in [-0.05, 0) is 39.2 Å². The van der Waals surface area contributed by atoms with Crippen molar-refractivity contribution in [2.24, 2.45) is 0 Å². The van der Waals surface area contributed by atoms with E-state index >= 15 is 0 Å². The molecule has 104 valence electrons. The second-order valence-electron chi connectivity index (χ2n) is 6.60. The SMILES string of the molecule is CC1CCNC2(CCCCC2)CN1C1CCOC1. The van der Waals surface area contributed by atoms with Crippen LogP contribution in [0, 0.1) is 0 Å². The molecule has 3 fully saturated rings. The molecule has 2 heterocycles. The largest absolute Gasteiger partial charge is 0.380 e. The van der Waals surface area contributed by atoms with Gasteiger partial charge in [0.05, 0.1) is 6.61 Å². The van der Waals surface area contributed by atoms with Gasteiger partial charge in [-0.25, -0.2) is 0 Å². The molecule has 0 aromatic rings. The Morgan fingerprint density at radius 2 is 2.00 bits per heavy atom. The van der Waals surface area contributed by atoms with Gasteiger partial charge in [-0.1, -0.05) is 19.3 Å². The molecule has 3 heteroatoms. The predicted molar refractivity (Wildman–Crippen MR) is 73.8 cm³/mol. The second-order valence-corrected chi connectivity index (χ2v) is 6.60. The lowest BCUT2D eigenvalue weighted by Crippen LogP contribution is -2.55. The number of nitrogens with zero attached hydrogens (tertiary/aromatic N) is 1. The van der Waals surface area contributed by atoms with E-state index in [4.69, 9.17) is 4.74 Å². The van der Waals surface area contributed by atoms with Gasteiger partial charge in [0.1, 0.15) is 0 Å². The molecule has 0 amide bonds. The van der Waals surface area contributed by atoms with E-state index in [9.17, 15) is 0 Å². The second kappa shape index (κ2) is 5.48. The van der Waals surface area contributed by atoms with Crippen LogP contribution in [0.5, 0.6) is 0 Å². The highest BCUT2D eigenvalue weighted by Crippen LogP contribution is 2.33. The number of hydrogen-bond acceptors (Lipinski definition) is 3. The van der Waals surface area contributed by atoms with Gasteiger partial charge in [-0.2, -0.15) is 0 Å². The van der Waals surface area contributed by atoms with E-state index in [1.54, 1.807) is 0 Å². The summed E-state index contributed by atoms with van der Waals surface area (Å²) in [5.41, 5.74) is 0.422. The fourth-order valence-electron chi connectivity index (χ4n) is 4.11. The van der Waals surface area contributed by atoms with Crippen LogP contribution in [0.3, 0.4) is 0 Å². The molecule has 1 spiro atoms. The van der Waals surface area contributed by atoms with Crippen LogP contribution in [0.15, 0.2) is 0 Å². The molecule has 1 saturated carbocycles. The van der Waals surface area contributed by atoms with Crippen LogP contribution < -0.4 is 5.32 Å². The summed E-state index contributed by atoms with van der Waals surface area (Å²) in [7, 11) is 0. The first-order valence-corrected chi connectivity index (χ1v) is 7.88. The van der Waals surface area contributed by atoms with Gasteiger partial charge in [0.25, 0.3) is 0 Å². The van der Waals surface area contributed by atoms with Crippen molar-refractivity contribution in [2.45, 2.75) is 69.5 Å². The molecule has 0 radical (unpaired) electrons. The minimum atomic E-state index is 0.422. The summed E-state index contributed by atoms with van der Waals surface area (Å²) in [5, 5.41) is 3.90. The molecular weight excluding hydrogens is 224 g/mol. The first-order chi connectivity index (χ1) is 8.79. The standard InChI is InChI=1S/C15H28N2O/c1-13-5-9-16-15(7-3-2-4-8-15)12-17(13)14-6-10-18-11-14/h13-14,16H,2-12H2,1H3. The predicted octanol–water partition coefficient (Wildman–Crippen LogP) is 2.16. The average molecular weight is 252 g/mol. The lowest BCUT2D eigenvalue weighted by Gasteiger charge is -2.42. The normalized spacial score (nSPS) is 37.8. The maximum Gasteiger partial charge on any atom is 0.0622 e. The van der Waals surface area contributed by atoms with Gasteiger partial charge >= 0.3 is 0 Å². The Hall–Kier alpha value is -0.120. The van der Waals surface area contributed by atoms with Crippen LogP contribution >= 0.6 is 0 Å². The van der Waals surface area contributed by atoms with Crippen molar-refractivity contribution < 1.29 is 4.74 Å². The molecule has 2 unspecified atom stereocenters. The van der Waals surface area contributed by atoms with Crippen molar-refractivity contribution >= 4 is 0 Å². The number of ether oxygens (including phenoxy) is 1. The van der Waals surface area contributed by atoms with Crippen LogP contribution in [0.1, 0.15) is 51.9 Å². The van der Waals surface area contributed by atoms with E-state index in [2.05, 4.69) is 17.1 Å². The van der Waals surface area contributed by atoms with E-state index in [1.165, 1.54) is 58.0 Å². The molecule has 2 atom stereocenters. The molecule has 2 saturated heterocycles. The summed E-state index contributed by atoms with van der Waals surface area (Å²) in [6, 6.07) is 1.39. The summed E-state index contributed by atoms with van der Waals surface area (Å²) in [5.74, 6) is 0. The highest BCUT2D eigenvalue weighted by molar-refractivity contribution is 4.98. The molecular formula is C15H28N2O. The van der Waals surface area contributed by atoms with Crippen LogP contribution in [0.2, 0.25) is 0 Å². The molecule has 1 aliphatic carbocycles. The molecule has 3 rings (SSSR count). The van der Waals surface area contributed by atoms with E-state index in [-0.39, 0.29) is 0 Å². The van der Waals surface area contributed by atoms with Crippen molar-refractivity contribution in [3.63, 3.8) is 0 Å². The lowest BCUT2D eigenvalue weighted by molar-refractivity contribution is 0.0826. The number of hydrogen-bond donors (Lipinski definition) is 1. The van der Waals surface area contributed by atoms with Gasteiger partial charge in [-0.15, -0.1) is 0 Å². The summed E-state index contributed by atoms with van der Waals surface area (Å²) in [6.45, 7) is 6.78. The Labute approximate surface area is 111 Å². The quantitative estimate of drug-likeness (QED) is 0.774. The summed E-state index contributed by atoms with van der Waals surface area (Å²) >= 11 is 0. The Bertz CT molecular complexity index is 270. The molecule has 3 nitrogen and oxygen atoms in total. The highest BCUT2D eigenvalue weighted by Gasteiger charge is 2.39. The lowest BCUT2D eigenvalue weighted by atomic mass is 9.81. The van der Waals surface area contributed by atoms with Crippen LogP contribution in [-0.2, 0) is 4.74 Å². The minimum Gasteiger partial charge on any atom is -0.380 e. The zero-order valence-electron chi connectivity index (χ0n) is 11.8. The number of nitrogens with one attached hydrogen (secondary N) is 1. The fraction of sp³-hybridized carbons (Fsp3) is 1.00. The van der Waals surface area contributed by atoms with Crippen molar-refractivity contribution in [2.75, 3.05) is 26.3 Å². The van der Waals surface area contributed by atoms with Gasteiger partial charge < -0.3 is 10.1 Å². The third-order valence-electron chi connectivity index (χ3n) is 5.30. The van der Waals surface area contributed by atoms with Gasteiger partial charge in [-0.3, -0.25) is 4.90 Å². The van der Waals surface area contributed by atoms with E-state index in [0.717, 1.165) is 13.2 Å². The van der Waals surface area contributed by atoms with Crippen LogP contribution in [0.4, 0.5) is 0 Å². The zero-order valence-corrected chi connectivity index (χ0v) is 11.8. The minimum absolute atomic E-state index is 0.422. The molecule has 0 aromatic heterocycles. The average Bonchev–Trinajstić information content (AvgIpc) is 2.86. The first kappa shape index (κ1) is 12.9.